The Morgan fingerprint density at radius 3 is 2.29 bits per heavy atom. The molecule has 6 heteroatoms. The smallest absolute Gasteiger partial charge is 0.317 e. The van der Waals surface area contributed by atoms with E-state index >= 15 is 0 Å². The minimum Gasteiger partial charge on any atom is -0.480 e. The lowest BCUT2D eigenvalue weighted by molar-refractivity contribution is -0.136. The lowest BCUT2D eigenvalue weighted by atomic mass is 10.1. The Labute approximate surface area is 142 Å². The van der Waals surface area contributed by atoms with Crippen molar-refractivity contribution in [2.45, 2.75) is 16.6 Å². The zero-order valence-corrected chi connectivity index (χ0v) is 13.8. The Morgan fingerprint density at radius 2 is 1.71 bits per heavy atom. The second-order valence-corrected chi connectivity index (χ2v) is 6.88. The van der Waals surface area contributed by atoms with Crippen molar-refractivity contribution >= 4 is 52.5 Å². The summed E-state index contributed by atoms with van der Waals surface area (Å²) < 4.78 is 0. The fraction of sp³-hybridized carbons (Fsp3) is 0.133. The molecule has 2 nitrogen and oxygen atoms in total. The van der Waals surface area contributed by atoms with Crippen molar-refractivity contribution in [3.63, 3.8) is 0 Å². The summed E-state index contributed by atoms with van der Waals surface area (Å²) in [5.41, 5.74) is 0.832. The number of halogens is 3. The SMILES string of the molecule is O=C(O)C(Cc1ccc(Cl)c(Cl)c1)Sc1ccc(Cl)cc1. The summed E-state index contributed by atoms with van der Waals surface area (Å²) in [4.78, 5) is 12.3. The van der Waals surface area contributed by atoms with Gasteiger partial charge in [0.2, 0.25) is 0 Å². The zero-order chi connectivity index (χ0) is 15.4. The maximum atomic E-state index is 11.4. The summed E-state index contributed by atoms with van der Waals surface area (Å²) >= 11 is 18.9. The maximum absolute atomic E-state index is 11.4. The van der Waals surface area contributed by atoms with E-state index in [4.69, 9.17) is 34.8 Å². The Morgan fingerprint density at radius 1 is 1.05 bits per heavy atom. The average Bonchev–Trinajstić information content (AvgIpc) is 2.44. The van der Waals surface area contributed by atoms with Crippen molar-refractivity contribution in [2.24, 2.45) is 0 Å². The minimum atomic E-state index is -0.874. The van der Waals surface area contributed by atoms with Crippen molar-refractivity contribution in [1.82, 2.24) is 0 Å². The molecule has 2 aromatic carbocycles. The molecule has 0 aliphatic heterocycles. The highest BCUT2D eigenvalue weighted by Gasteiger charge is 2.20. The largest absolute Gasteiger partial charge is 0.480 e. The van der Waals surface area contributed by atoms with Crippen molar-refractivity contribution in [2.75, 3.05) is 0 Å². The molecular weight excluding hydrogens is 351 g/mol. The summed E-state index contributed by atoms with van der Waals surface area (Å²) in [6.07, 6.45) is 0.361. The third kappa shape index (κ3) is 4.82. The number of rotatable bonds is 5. The van der Waals surface area contributed by atoms with Crippen molar-refractivity contribution in [3.8, 4) is 0 Å². The van der Waals surface area contributed by atoms with Crippen LogP contribution in [0.2, 0.25) is 15.1 Å². The third-order valence-corrected chi connectivity index (χ3v) is 4.96. The van der Waals surface area contributed by atoms with Gasteiger partial charge >= 0.3 is 5.97 Å². The summed E-state index contributed by atoms with van der Waals surface area (Å²) in [7, 11) is 0. The molecule has 0 radical (unpaired) electrons. The first kappa shape index (κ1) is 16.5. The van der Waals surface area contributed by atoms with Crippen LogP contribution in [-0.2, 0) is 11.2 Å². The van der Waals surface area contributed by atoms with Gasteiger partial charge in [-0.1, -0.05) is 40.9 Å². The molecule has 110 valence electrons. The second kappa shape index (κ2) is 7.41. The van der Waals surface area contributed by atoms with Gasteiger partial charge in [0.25, 0.3) is 0 Å². The van der Waals surface area contributed by atoms with Crippen LogP contribution in [0.3, 0.4) is 0 Å². The summed E-state index contributed by atoms with van der Waals surface area (Å²) in [6.45, 7) is 0. The first-order valence-corrected chi connectivity index (χ1v) is 8.06. The lowest BCUT2D eigenvalue weighted by Gasteiger charge is -2.12. The minimum absolute atomic E-state index is 0.361. The fourth-order valence-electron chi connectivity index (χ4n) is 1.74. The molecular formula is C15H11Cl3O2S. The molecule has 2 rings (SSSR count). The third-order valence-electron chi connectivity index (χ3n) is 2.77. The highest BCUT2D eigenvalue weighted by Crippen LogP contribution is 2.29. The molecule has 0 heterocycles. The summed E-state index contributed by atoms with van der Waals surface area (Å²) in [6, 6.07) is 12.2. The Balaban J connectivity index is 2.13. The molecule has 1 N–H and O–H groups in total. The Bertz CT molecular complexity index is 644. The molecule has 0 saturated carbocycles. The van der Waals surface area contributed by atoms with Crippen LogP contribution in [-0.4, -0.2) is 16.3 Å². The van der Waals surface area contributed by atoms with Crippen LogP contribution in [0.1, 0.15) is 5.56 Å². The van der Waals surface area contributed by atoms with Gasteiger partial charge in [-0.3, -0.25) is 4.79 Å². The van der Waals surface area contributed by atoms with E-state index < -0.39 is 11.2 Å². The highest BCUT2D eigenvalue weighted by atomic mass is 35.5. The summed E-state index contributed by atoms with van der Waals surface area (Å²) in [5, 5.41) is 10.3. The molecule has 0 aliphatic rings. The quantitative estimate of drug-likeness (QED) is 0.721. The molecule has 0 fully saturated rings. The van der Waals surface area contributed by atoms with Crippen molar-refractivity contribution < 1.29 is 9.90 Å². The van der Waals surface area contributed by atoms with Gasteiger partial charge < -0.3 is 5.11 Å². The van der Waals surface area contributed by atoms with Gasteiger partial charge in [0.15, 0.2) is 0 Å². The van der Waals surface area contributed by atoms with E-state index in [-0.39, 0.29) is 0 Å². The van der Waals surface area contributed by atoms with Gasteiger partial charge in [-0.05, 0) is 48.4 Å². The number of carboxylic acid groups (broad SMARTS) is 1. The van der Waals surface area contributed by atoms with Gasteiger partial charge in [-0.2, -0.15) is 0 Å². The Kier molecular flexibility index (Phi) is 5.82. The predicted molar refractivity (Wildman–Crippen MR) is 88.9 cm³/mol. The van der Waals surface area contributed by atoms with Gasteiger partial charge in [-0.25, -0.2) is 0 Å². The van der Waals surface area contributed by atoms with E-state index in [0.29, 0.717) is 21.5 Å². The molecule has 0 bridgehead atoms. The van der Waals surface area contributed by atoms with E-state index in [0.717, 1.165) is 10.5 Å². The lowest BCUT2D eigenvalue weighted by Crippen LogP contribution is -2.19. The van der Waals surface area contributed by atoms with Crippen LogP contribution in [0.5, 0.6) is 0 Å². The van der Waals surface area contributed by atoms with Crippen molar-refractivity contribution in [3.05, 3.63) is 63.1 Å². The van der Waals surface area contributed by atoms with E-state index in [9.17, 15) is 9.90 Å². The molecule has 1 atom stereocenters. The second-order valence-electron chi connectivity index (χ2n) is 4.35. The van der Waals surface area contributed by atoms with Crippen LogP contribution in [0.15, 0.2) is 47.4 Å². The molecule has 0 aliphatic carbocycles. The molecule has 0 aromatic heterocycles. The zero-order valence-electron chi connectivity index (χ0n) is 10.7. The number of hydrogen-bond donors (Lipinski definition) is 1. The molecule has 21 heavy (non-hydrogen) atoms. The van der Waals surface area contributed by atoms with Crippen molar-refractivity contribution in [1.29, 1.82) is 0 Å². The first-order chi connectivity index (χ1) is 9.95. The number of benzene rings is 2. The number of thioether (sulfide) groups is 1. The molecule has 2 aromatic rings. The maximum Gasteiger partial charge on any atom is 0.317 e. The molecule has 0 spiro atoms. The first-order valence-electron chi connectivity index (χ1n) is 6.04. The average molecular weight is 362 g/mol. The standard InChI is InChI=1S/C15H11Cl3O2S/c16-10-2-4-11(5-3-10)21-14(15(19)20)8-9-1-6-12(17)13(18)7-9/h1-7,14H,8H2,(H,19,20). The number of carbonyl (C=O) groups is 1. The monoisotopic (exact) mass is 360 g/mol. The van der Waals surface area contributed by atoms with Crippen LogP contribution < -0.4 is 0 Å². The summed E-state index contributed by atoms with van der Waals surface area (Å²) in [5.74, 6) is -0.874. The molecule has 0 saturated heterocycles. The van der Waals surface area contributed by atoms with Crippen LogP contribution in [0.25, 0.3) is 0 Å². The number of hydrogen-bond acceptors (Lipinski definition) is 2. The van der Waals surface area contributed by atoms with Gasteiger partial charge in [0.05, 0.1) is 10.0 Å². The number of carboxylic acids is 1. The molecule has 0 amide bonds. The van der Waals surface area contributed by atoms with E-state index in [1.165, 1.54) is 11.8 Å². The van der Waals surface area contributed by atoms with E-state index in [1.807, 2.05) is 0 Å². The van der Waals surface area contributed by atoms with Crippen LogP contribution in [0, 0.1) is 0 Å². The topological polar surface area (TPSA) is 37.3 Å². The van der Waals surface area contributed by atoms with Gasteiger partial charge in [0.1, 0.15) is 5.25 Å². The number of aliphatic carboxylic acids is 1. The molecule has 1 unspecified atom stereocenters. The fourth-order valence-corrected chi connectivity index (χ4v) is 3.18. The normalized spacial score (nSPS) is 12.1. The van der Waals surface area contributed by atoms with E-state index in [1.54, 1.807) is 42.5 Å². The van der Waals surface area contributed by atoms with Gasteiger partial charge in [-0.15, -0.1) is 11.8 Å². The van der Waals surface area contributed by atoms with E-state index in [2.05, 4.69) is 0 Å². The van der Waals surface area contributed by atoms with Crippen LogP contribution in [0.4, 0.5) is 0 Å². The highest BCUT2D eigenvalue weighted by molar-refractivity contribution is 8.00. The van der Waals surface area contributed by atoms with Gasteiger partial charge in [0, 0.05) is 9.92 Å². The van der Waals surface area contributed by atoms with Crippen LogP contribution >= 0.6 is 46.6 Å². The Hall–Kier alpha value is -0.870. The predicted octanol–water partition coefficient (Wildman–Crippen LogP) is 5.43.